The summed E-state index contributed by atoms with van der Waals surface area (Å²) in [5.41, 5.74) is 1.69. The lowest BCUT2D eigenvalue weighted by Gasteiger charge is -2.03. The van der Waals surface area contributed by atoms with Gasteiger partial charge >= 0.3 is 0 Å². The Morgan fingerprint density at radius 3 is 2.53 bits per heavy atom. The first-order valence-electron chi connectivity index (χ1n) is 9.13. The van der Waals surface area contributed by atoms with Gasteiger partial charge in [-0.2, -0.15) is 0 Å². The fourth-order valence-corrected chi connectivity index (χ4v) is 3.17. The zero-order chi connectivity index (χ0) is 20.5. The Balaban J connectivity index is 1.42. The van der Waals surface area contributed by atoms with E-state index in [0.29, 0.717) is 22.5 Å². The lowest BCUT2D eigenvalue weighted by atomic mass is 10.1. The second kappa shape index (κ2) is 7.13. The summed E-state index contributed by atoms with van der Waals surface area (Å²) in [5, 5.41) is 7.24. The Bertz CT molecular complexity index is 1390. The monoisotopic (exact) mass is 397 g/mol. The number of pyridine rings is 1. The molecule has 0 spiro atoms. The van der Waals surface area contributed by atoms with Crippen LogP contribution in [0.1, 0.15) is 20.8 Å². The Morgan fingerprint density at radius 1 is 0.867 bits per heavy atom. The number of H-pyrrole nitrogens is 2. The summed E-state index contributed by atoms with van der Waals surface area (Å²) in [6.07, 6.45) is 4.81. The number of fused-ring (bicyclic) bond motifs is 2. The number of para-hydroxylation sites is 1. The smallest absolute Gasteiger partial charge is 0.276 e. The predicted octanol–water partition coefficient (Wildman–Crippen LogP) is 3.34. The van der Waals surface area contributed by atoms with Crippen LogP contribution in [0.3, 0.4) is 0 Å². The van der Waals surface area contributed by atoms with Crippen molar-refractivity contribution in [1.82, 2.24) is 24.9 Å². The minimum Gasteiger partial charge on any atom is -0.331 e. The van der Waals surface area contributed by atoms with E-state index in [0.717, 1.165) is 10.8 Å². The Hall–Kier alpha value is -4.53. The number of imidazole rings is 2. The van der Waals surface area contributed by atoms with Gasteiger partial charge in [0.05, 0.1) is 16.6 Å². The van der Waals surface area contributed by atoms with Crippen LogP contribution in [-0.2, 0) is 0 Å². The third-order valence-electron chi connectivity index (χ3n) is 4.59. The highest BCUT2D eigenvalue weighted by molar-refractivity contribution is 6.11. The fourth-order valence-electron chi connectivity index (χ4n) is 3.17. The molecule has 4 N–H and O–H groups in total. The molecule has 0 unspecified atom stereocenters. The summed E-state index contributed by atoms with van der Waals surface area (Å²) in [6.45, 7) is 0. The molecule has 9 heteroatoms. The van der Waals surface area contributed by atoms with E-state index >= 15 is 0 Å². The molecule has 0 bridgehead atoms. The molecule has 5 aromatic rings. The zero-order valence-electron chi connectivity index (χ0n) is 15.5. The molecule has 0 aliphatic rings. The average molecular weight is 397 g/mol. The maximum Gasteiger partial charge on any atom is 0.276 e. The first-order chi connectivity index (χ1) is 14.7. The number of hydrogen-bond donors (Lipinski definition) is 4. The molecule has 0 aliphatic heterocycles. The van der Waals surface area contributed by atoms with E-state index in [1.54, 1.807) is 42.9 Å². The van der Waals surface area contributed by atoms with Crippen LogP contribution in [0.5, 0.6) is 0 Å². The number of nitrogens with zero attached hydrogens (tertiary/aromatic N) is 3. The van der Waals surface area contributed by atoms with E-state index < -0.39 is 5.91 Å². The number of carbonyl (C=O) groups excluding carboxylic acids is 2. The molecule has 0 saturated heterocycles. The lowest BCUT2D eigenvalue weighted by Crippen LogP contribution is -2.15. The highest BCUT2D eigenvalue weighted by Crippen LogP contribution is 2.20. The number of nitrogens with one attached hydrogen (secondary N) is 4. The number of aromatic amines is 2. The Labute approximate surface area is 169 Å². The van der Waals surface area contributed by atoms with Gasteiger partial charge in [0.25, 0.3) is 11.8 Å². The van der Waals surface area contributed by atoms with Crippen LogP contribution in [0.4, 0.5) is 11.9 Å². The van der Waals surface area contributed by atoms with E-state index in [4.69, 9.17) is 0 Å². The Kier molecular flexibility index (Phi) is 4.18. The van der Waals surface area contributed by atoms with Crippen molar-refractivity contribution in [3.8, 4) is 0 Å². The van der Waals surface area contributed by atoms with Gasteiger partial charge in [-0.05, 0) is 23.6 Å². The fraction of sp³-hybridized carbons (Fsp3) is 0. The van der Waals surface area contributed by atoms with Crippen molar-refractivity contribution in [2.45, 2.75) is 0 Å². The maximum atomic E-state index is 12.6. The highest BCUT2D eigenvalue weighted by atomic mass is 16.2. The van der Waals surface area contributed by atoms with Crippen molar-refractivity contribution in [2.75, 3.05) is 10.6 Å². The molecule has 30 heavy (non-hydrogen) atoms. The van der Waals surface area contributed by atoms with Gasteiger partial charge in [0, 0.05) is 24.0 Å². The van der Waals surface area contributed by atoms with Crippen LogP contribution in [0.2, 0.25) is 0 Å². The number of rotatable bonds is 4. The van der Waals surface area contributed by atoms with Gasteiger partial charge in [0.15, 0.2) is 0 Å². The van der Waals surface area contributed by atoms with E-state index in [1.807, 2.05) is 24.3 Å². The molecule has 2 aromatic carbocycles. The highest BCUT2D eigenvalue weighted by Gasteiger charge is 2.16. The van der Waals surface area contributed by atoms with Crippen LogP contribution in [0.25, 0.3) is 21.8 Å². The van der Waals surface area contributed by atoms with E-state index in [-0.39, 0.29) is 17.5 Å². The molecular weight excluding hydrogens is 382 g/mol. The predicted molar refractivity (Wildman–Crippen MR) is 112 cm³/mol. The minimum absolute atomic E-state index is 0.225. The summed E-state index contributed by atoms with van der Waals surface area (Å²) in [5.74, 6) is -0.190. The van der Waals surface area contributed by atoms with Gasteiger partial charge in [-0.25, -0.2) is 9.97 Å². The van der Waals surface area contributed by atoms with Crippen LogP contribution in [-0.4, -0.2) is 36.7 Å². The number of carbonyl (C=O) groups is 2. The number of benzene rings is 2. The largest absolute Gasteiger partial charge is 0.331 e. The van der Waals surface area contributed by atoms with Crippen molar-refractivity contribution in [2.24, 2.45) is 0 Å². The summed E-state index contributed by atoms with van der Waals surface area (Å²) >= 11 is 0. The molecule has 0 fully saturated rings. The molecule has 0 radical (unpaired) electrons. The molecule has 9 nitrogen and oxygen atoms in total. The quantitative estimate of drug-likeness (QED) is 0.370. The number of aromatic nitrogens is 5. The third-order valence-corrected chi connectivity index (χ3v) is 4.59. The van der Waals surface area contributed by atoms with Crippen molar-refractivity contribution in [1.29, 1.82) is 0 Å². The molecule has 0 aliphatic carbocycles. The topological polar surface area (TPSA) is 128 Å². The molecule has 3 heterocycles. The van der Waals surface area contributed by atoms with Crippen LogP contribution in [0, 0.1) is 0 Å². The van der Waals surface area contributed by atoms with Gasteiger partial charge in [-0.1, -0.05) is 30.3 Å². The summed E-state index contributed by atoms with van der Waals surface area (Å²) in [4.78, 5) is 43.6. The number of hydrogen-bond acceptors (Lipinski definition) is 5. The number of amides is 2. The Morgan fingerprint density at radius 2 is 1.70 bits per heavy atom. The first-order valence-corrected chi connectivity index (χ1v) is 9.13. The SMILES string of the molecule is O=C(Nc1nc2cccc(C(=O)Nc3ncc[nH]3)c2[nH]1)c1cc2ccccc2cn1. The minimum atomic E-state index is -0.401. The van der Waals surface area contributed by atoms with Gasteiger partial charge in [0.1, 0.15) is 5.69 Å². The molecule has 0 saturated carbocycles. The van der Waals surface area contributed by atoms with E-state index in [2.05, 4.69) is 35.6 Å². The van der Waals surface area contributed by atoms with Crippen LogP contribution < -0.4 is 10.6 Å². The van der Waals surface area contributed by atoms with Crippen LogP contribution in [0.15, 0.2) is 67.1 Å². The standard InChI is InChI=1S/C21H15N7O2/c29-18(27-20-22-8-9-23-20)14-6-3-7-15-17(14)26-21(25-15)28-19(30)16-10-12-4-1-2-5-13(12)11-24-16/h1-11H,(H2,22,23,27,29)(H2,25,26,28,30). The van der Waals surface area contributed by atoms with E-state index in [1.165, 1.54) is 0 Å². The van der Waals surface area contributed by atoms with Crippen LogP contribution >= 0.6 is 0 Å². The first kappa shape index (κ1) is 17.6. The molecule has 146 valence electrons. The normalized spacial score (nSPS) is 10.9. The van der Waals surface area contributed by atoms with Crippen molar-refractivity contribution >= 4 is 45.5 Å². The second-order valence-corrected chi connectivity index (χ2v) is 6.55. The third kappa shape index (κ3) is 3.24. The zero-order valence-corrected chi connectivity index (χ0v) is 15.5. The molecule has 0 atom stereocenters. The second-order valence-electron chi connectivity index (χ2n) is 6.55. The molecule has 2 amide bonds. The molecule has 5 rings (SSSR count). The summed E-state index contributed by atoms with van der Waals surface area (Å²) < 4.78 is 0. The summed E-state index contributed by atoms with van der Waals surface area (Å²) in [7, 11) is 0. The van der Waals surface area contributed by atoms with Crippen molar-refractivity contribution < 1.29 is 9.59 Å². The van der Waals surface area contributed by atoms with E-state index in [9.17, 15) is 9.59 Å². The van der Waals surface area contributed by atoms with Gasteiger partial charge in [0.2, 0.25) is 11.9 Å². The average Bonchev–Trinajstić information content (AvgIpc) is 3.42. The summed E-state index contributed by atoms with van der Waals surface area (Å²) in [6, 6.07) is 14.5. The molecule has 3 aromatic heterocycles. The lowest BCUT2D eigenvalue weighted by molar-refractivity contribution is 0.101. The van der Waals surface area contributed by atoms with Gasteiger partial charge in [-0.3, -0.25) is 25.2 Å². The molecular formula is C21H15N7O2. The maximum absolute atomic E-state index is 12.6. The number of anilines is 2. The van der Waals surface area contributed by atoms with Crippen molar-refractivity contribution in [3.05, 3.63) is 78.4 Å². The van der Waals surface area contributed by atoms with Crippen molar-refractivity contribution in [3.63, 3.8) is 0 Å². The van der Waals surface area contributed by atoms with Gasteiger partial charge in [-0.15, -0.1) is 0 Å². The van der Waals surface area contributed by atoms with Gasteiger partial charge < -0.3 is 9.97 Å².